The minimum Gasteiger partial charge on any atom is -0.497 e. The highest BCUT2D eigenvalue weighted by Crippen LogP contribution is 2.23. The van der Waals surface area contributed by atoms with E-state index in [2.05, 4.69) is 32.4 Å². The van der Waals surface area contributed by atoms with E-state index < -0.39 is 11.9 Å². The molecule has 0 atom stereocenters. The number of carbonyl (C=O) groups is 2. The van der Waals surface area contributed by atoms with Gasteiger partial charge in [0.2, 0.25) is 0 Å². The first kappa shape index (κ1) is 23.9. The van der Waals surface area contributed by atoms with E-state index in [1.54, 1.807) is 54.3 Å². The average Bonchev–Trinajstić information content (AvgIpc) is 2.92. The molecular formula is C27H21N5O4. The summed E-state index contributed by atoms with van der Waals surface area (Å²) >= 11 is 0. The predicted octanol–water partition coefficient (Wildman–Crippen LogP) is 4.32. The van der Waals surface area contributed by atoms with Crippen LogP contribution in [0.25, 0.3) is 11.3 Å². The first-order valence-corrected chi connectivity index (χ1v) is 10.7. The molecule has 0 fully saturated rings. The topological polar surface area (TPSA) is 125 Å². The fraction of sp³-hybridized carbons (Fsp3) is 0.0370. The third-order valence-electron chi connectivity index (χ3n) is 4.95. The van der Waals surface area contributed by atoms with Crippen molar-refractivity contribution in [3.05, 3.63) is 102 Å². The molecule has 2 aromatic heterocycles. The molecule has 178 valence electrons. The van der Waals surface area contributed by atoms with Gasteiger partial charge in [-0.2, -0.15) is 0 Å². The molecule has 9 nitrogen and oxygen atoms in total. The minimum atomic E-state index is -0.742. The molecule has 0 unspecified atom stereocenters. The highest BCUT2D eigenvalue weighted by atomic mass is 16.5. The van der Waals surface area contributed by atoms with E-state index in [0.29, 0.717) is 22.7 Å². The number of rotatable bonds is 5. The van der Waals surface area contributed by atoms with E-state index in [1.165, 1.54) is 19.2 Å². The van der Waals surface area contributed by atoms with Crippen LogP contribution in [0.1, 0.15) is 21.5 Å². The number of urea groups is 1. The Morgan fingerprint density at radius 3 is 2.44 bits per heavy atom. The number of nitrogens with zero attached hydrogens (tertiary/aromatic N) is 2. The zero-order valence-electron chi connectivity index (χ0n) is 19.1. The third-order valence-corrected chi connectivity index (χ3v) is 4.95. The van der Waals surface area contributed by atoms with Gasteiger partial charge in [0, 0.05) is 46.4 Å². The van der Waals surface area contributed by atoms with Gasteiger partial charge in [-0.1, -0.05) is 30.0 Å². The molecule has 2 aromatic carbocycles. The van der Waals surface area contributed by atoms with Crippen molar-refractivity contribution in [2.45, 2.75) is 0 Å². The van der Waals surface area contributed by atoms with Crippen molar-refractivity contribution in [1.29, 1.82) is 0 Å². The highest BCUT2D eigenvalue weighted by Gasteiger charge is 2.13. The Kier molecular flexibility index (Phi) is 7.51. The molecule has 0 aliphatic carbocycles. The molecule has 36 heavy (non-hydrogen) atoms. The van der Waals surface area contributed by atoms with Crippen LogP contribution in [0, 0.1) is 11.8 Å². The second-order valence-corrected chi connectivity index (χ2v) is 7.45. The van der Waals surface area contributed by atoms with Gasteiger partial charge in [0.25, 0.3) is 5.91 Å². The standard InChI is InChI=1S/C27H21N5O4/c1-36-23-6-2-5-22(16-23)29-27(34)31-25-15-21(26(33)32-35)14-24(30-25)20-11-9-18(10-12-20)7-8-19-4-3-13-28-17-19/h2-6,9-17,35H,1H3,(H,32,33)(H2,29,30,31,34). The molecule has 0 aliphatic rings. The summed E-state index contributed by atoms with van der Waals surface area (Å²) in [4.78, 5) is 33.2. The highest BCUT2D eigenvalue weighted by molar-refractivity contribution is 6.01. The average molecular weight is 479 g/mol. The Balaban J connectivity index is 1.56. The van der Waals surface area contributed by atoms with Crippen molar-refractivity contribution < 1.29 is 19.5 Å². The van der Waals surface area contributed by atoms with Gasteiger partial charge in [-0.15, -0.1) is 0 Å². The number of aromatic nitrogens is 2. The van der Waals surface area contributed by atoms with Gasteiger partial charge in [-0.3, -0.25) is 20.3 Å². The first-order chi connectivity index (χ1) is 17.5. The minimum absolute atomic E-state index is 0.111. The van der Waals surface area contributed by atoms with E-state index in [9.17, 15) is 9.59 Å². The lowest BCUT2D eigenvalue weighted by Gasteiger charge is -2.11. The van der Waals surface area contributed by atoms with Gasteiger partial charge in [0.05, 0.1) is 12.8 Å². The fourth-order valence-electron chi connectivity index (χ4n) is 3.22. The summed E-state index contributed by atoms with van der Waals surface area (Å²) in [7, 11) is 1.53. The summed E-state index contributed by atoms with van der Waals surface area (Å²) in [5, 5.41) is 14.4. The fourth-order valence-corrected chi connectivity index (χ4v) is 3.22. The summed E-state index contributed by atoms with van der Waals surface area (Å²) in [6.07, 6.45) is 3.37. The van der Waals surface area contributed by atoms with Gasteiger partial charge < -0.3 is 10.1 Å². The van der Waals surface area contributed by atoms with Crippen LogP contribution in [0.5, 0.6) is 5.75 Å². The van der Waals surface area contributed by atoms with Crippen LogP contribution in [-0.2, 0) is 0 Å². The molecule has 0 saturated carbocycles. The van der Waals surface area contributed by atoms with Crippen molar-refractivity contribution in [2.75, 3.05) is 17.7 Å². The number of hydrogen-bond acceptors (Lipinski definition) is 6. The Morgan fingerprint density at radius 2 is 1.72 bits per heavy atom. The van der Waals surface area contributed by atoms with Crippen LogP contribution < -0.4 is 20.9 Å². The summed E-state index contributed by atoms with van der Waals surface area (Å²) in [6.45, 7) is 0. The van der Waals surface area contributed by atoms with Gasteiger partial charge in [0.1, 0.15) is 11.6 Å². The van der Waals surface area contributed by atoms with E-state index in [4.69, 9.17) is 9.94 Å². The second kappa shape index (κ2) is 11.3. The maximum atomic E-state index is 12.5. The molecule has 0 radical (unpaired) electrons. The van der Waals surface area contributed by atoms with Crippen LogP contribution in [0.2, 0.25) is 0 Å². The van der Waals surface area contributed by atoms with Crippen LogP contribution >= 0.6 is 0 Å². The summed E-state index contributed by atoms with van der Waals surface area (Å²) in [5.41, 5.74) is 4.91. The van der Waals surface area contributed by atoms with Gasteiger partial charge >= 0.3 is 6.03 Å². The number of hydrogen-bond donors (Lipinski definition) is 4. The molecule has 4 aromatic rings. The molecule has 0 aliphatic heterocycles. The number of methoxy groups -OCH3 is 1. The smallest absolute Gasteiger partial charge is 0.324 e. The Bertz CT molecular complexity index is 1440. The van der Waals surface area contributed by atoms with Crippen molar-refractivity contribution in [3.63, 3.8) is 0 Å². The van der Waals surface area contributed by atoms with Gasteiger partial charge in [0.15, 0.2) is 0 Å². The van der Waals surface area contributed by atoms with E-state index >= 15 is 0 Å². The molecule has 9 heteroatoms. The predicted molar refractivity (Wildman–Crippen MR) is 135 cm³/mol. The molecular weight excluding hydrogens is 458 g/mol. The number of pyridine rings is 2. The number of hydroxylamine groups is 1. The Hall–Kier alpha value is -5.20. The monoisotopic (exact) mass is 479 g/mol. The van der Waals surface area contributed by atoms with Crippen LogP contribution in [0.3, 0.4) is 0 Å². The van der Waals surface area contributed by atoms with Crippen LogP contribution in [-0.4, -0.2) is 34.2 Å². The molecule has 4 N–H and O–H groups in total. The molecule has 2 heterocycles. The van der Waals surface area contributed by atoms with E-state index in [-0.39, 0.29) is 11.4 Å². The molecule has 0 bridgehead atoms. The van der Waals surface area contributed by atoms with Crippen molar-refractivity contribution in [2.24, 2.45) is 0 Å². The Morgan fingerprint density at radius 1 is 0.917 bits per heavy atom. The van der Waals surface area contributed by atoms with E-state index in [0.717, 1.165) is 11.1 Å². The number of ether oxygens (including phenoxy) is 1. The molecule has 0 spiro atoms. The number of nitrogens with one attached hydrogen (secondary N) is 3. The van der Waals surface area contributed by atoms with Gasteiger partial charge in [-0.25, -0.2) is 15.3 Å². The maximum Gasteiger partial charge on any atom is 0.324 e. The first-order valence-electron chi connectivity index (χ1n) is 10.7. The SMILES string of the molecule is COc1cccc(NC(=O)Nc2cc(C(=O)NO)cc(-c3ccc(C#Cc4cccnc4)cc3)n2)c1. The quantitative estimate of drug-likeness (QED) is 0.192. The second-order valence-electron chi connectivity index (χ2n) is 7.45. The summed E-state index contributed by atoms with van der Waals surface area (Å²) in [6, 6.07) is 20.1. The third kappa shape index (κ3) is 6.22. The summed E-state index contributed by atoms with van der Waals surface area (Å²) in [5.74, 6) is 6.07. The number of anilines is 2. The lowest BCUT2D eigenvalue weighted by molar-refractivity contribution is 0.0706. The largest absolute Gasteiger partial charge is 0.497 e. The maximum absolute atomic E-state index is 12.5. The zero-order valence-corrected chi connectivity index (χ0v) is 19.1. The summed E-state index contributed by atoms with van der Waals surface area (Å²) < 4.78 is 5.16. The van der Waals surface area contributed by atoms with Crippen LogP contribution in [0.4, 0.5) is 16.3 Å². The Labute approximate surface area is 207 Å². The van der Waals surface area contributed by atoms with Crippen LogP contribution in [0.15, 0.2) is 85.2 Å². The van der Waals surface area contributed by atoms with E-state index in [1.807, 2.05) is 24.3 Å². The normalized spacial score (nSPS) is 9.94. The molecule has 4 rings (SSSR count). The number of benzene rings is 2. The molecule has 3 amide bonds. The van der Waals surface area contributed by atoms with Gasteiger partial charge in [-0.05, 0) is 48.5 Å². The number of amides is 3. The van der Waals surface area contributed by atoms with Crippen molar-refractivity contribution in [3.8, 4) is 28.8 Å². The zero-order chi connectivity index (χ0) is 25.3. The van der Waals surface area contributed by atoms with Crippen molar-refractivity contribution >= 4 is 23.4 Å². The van der Waals surface area contributed by atoms with Crippen molar-refractivity contribution in [1.82, 2.24) is 15.4 Å². The lowest BCUT2D eigenvalue weighted by Crippen LogP contribution is -2.22. The number of carbonyl (C=O) groups excluding carboxylic acids is 2. The lowest BCUT2D eigenvalue weighted by atomic mass is 10.1. The molecule has 0 saturated heterocycles.